The highest BCUT2D eigenvalue weighted by Crippen LogP contribution is 2.42. The van der Waals surface area contributed by atoms with Crippen LogP contribution < -0.4 is 5.32 Å². The Kier molecular flexibility index (Phi) is 4.93. The zero-order valence-electron chi connectivity index (χ0n) is 17.7. The van der Waals surface area contributed by atoms with Crippen molar-refractivity contribution in [2.24, 2.45) is 5.10 Å². The Morgan fingerprint density at radius 2 is 2.07 bits per heavy atom. The summed E-state index contributed by atoms with van der Waals surface area (Å²) >= 11 is 0. The lowest BCUT2D eigenvalue weighted by Gasteiger charge is -2.32. The molecule has 30 heavy (non-hydrogen) atoms. The van der Waals surface area contributed by atoms with E-state index in [2.05, 4.69) is 28.3 Å². The van der Waals surface area contributed by atoms with E-state index < -0.39 is 5.82 Å². The van der Waals surface area contributed by atoms with Crippen LogP contribution in [-0.2, 0) is 6.54 Å². The van der Waals surface area contributed by atoms with Crippen LogP contribution in [0.5, 0.6) is 5.75 Å². The average Bonchev–Trinajstić information content (AvgIpc) is 3.48. The van der Waals surface area contributed by atoms with E-state index in [1.54, 1.807) is 17.1 Å². The van der Waals surface area contributed by atoms with Crippen LogP contribution >= 0.6 is 0 Å². The Balaban J connectivity index is 1.45. The Bertz CT molecular complexity index is 957. The van der Waals surface area contributed by atoms with Crippen molar-refractivity contribution >= 4 is 11.5 Å². The van der Waals surface area contributed by atoms with Gasteiger partial charge in [0.15, 0.2) is 5.84 Å². The number of piperidine rings is 1. The molecule has 6 nitrogen and oxygen atoms in total. The number of aromatic hydroxyl groups is 1. The van der Waals surface area contributed by atoms with Gasteiger partial charge in [-0.3, -0.25) is 9.58 Å². The van der Waals surface area contributed by atoms with Crippen LogP contribution in [-0.4, -0.2) is 58.1 Å². The Morgan fingerprint density at radius 1 is 1.23 bits per heavy atom. The summed E-state index contributed by atoms with van der Waals surface area (Å²) in [6.45, 7) is 6.11. The first-order valence-corrected chi connectivity index (χ1v) is 11.0. The second-order valence-electron chi connectivity index (χ2n) is 8.88. The van der Waals surface area contributed by atoms with E-state index in [4.69, 9.17) is 0 Å². The quantitative estimate of drug-likeness (QED) is 0.787. The molecule has 160 valence electrons. The van der Waals surface area contributed by atoms with E-state index in [0.717, 1.165) is 55.8 Å². The molecule has 2 aliphatic heterocycles. The van der Waals surface area contributed by atoms with Gasteiger partial charge >= 0.3 is 0 Å². The molecule has 0 unspecified atom stereocenters. The van der Waals surface area contributed by atoms with Gasteiger partial charge in [0.1, 0.15) is 11.6 Å². The number of hydrogen-bond acceptors (Lipinski definition) is 5. The molecule has 3 aliphatic rings. The second kappa shape index (κ2) is 7.61. The van der Waals surface area contributed by atoms with E-state index in [0.29, 0.717) is 24.3 Å². The number of phenolic OH excluding ortho intramolecular Hbond substituents is 1. The summed E-state index contributed by atoms with van der Waals surface area (Å²) in [6.07, 6.45) is 6.46. The summed E-state index contributed by atoms with van der Waals surface area (Å²) in [4.78, 5) is 2.46. The zero-order chi connectivity index (χ0) is 20.8. The lowest BCUT2D eigenvalue weighted by Crippen LogP contribution is -2.41. The third kappa shape index (κ3) is 3.67. The number of hydrogen-bond donors (Lipinski definition) is 2. The maximum atomic E-state index is 15.1. The number of likely N-dealkylation sites (N-methyl/N-ethyl adjacent to an activating group) is 1. The Labute approximate surface area is 177 Å². The third-order valence-corrected chi connectivity index (χ3v) is 6.47. The molecule has 1 saturated carbocycles. The van der Waals surface area contributed by atoms with E-state index >= 15 is 4.39 Å². The van der Waals surface area contributed by atoms with Gasteiger partial charge in [-0.1, -0.05) is 6.92 Å². The van der Waals surface area contributed by atoms with Crippen LogP contribution in [0.25, 0.3) is 0 Å². The summed E-state index contributed by atoms with van der Waals surface area (Å²) < 4.78 is 17.0. The molecule has 0 radical (unpaired) electrons. The molecule has 1 saturated heterocycles. The van der Waals surface area contributed by atoms with E-state index in [9.17, 15) is 5.11 Å². The lowest BCUT2D eigenvalue weighted by atomic mass is 10.0. The topological polar surface area (TPSA) is 56.0 Å². The molecule has 1 aromatic heterocycles. The van der Waals surface area contributed by atoms with Gasteiger partial charge in [0.2, 0.25) is 0 Å². The minimum Gasteiger partial charge on any atom is -0.507 e. The van der Waals surface area contributed by atoms with Crippen LogP contribution in [0.2, 0.25) is 0 Å². The molecule has 0 spiro atoms. The molecule has 5 rings (SSSR count). The minimum absolute atomic E-state index is 0.0361. The average molecular weight is 412 g/mol. The van der Waals surface area contributed by atoms with Gasteiger partial charge in [0.25, 0.3) is 0 Å². The van der Waals surface area contributed by atoms with Crippen molar-refractivity contribution in [1.82, 2.24) is 14.5 Å². The number of fused-ring (bicyclic) bond motifs is 1. The highest BCUT2D eigenvalue weighted by molar-refractivity contribution is 6.04. The number of likely N-dealkylation sites (tertiary alicyclic amines) is 1. The monoisotopic (exact) mass is 411 g/mol. The number of benzene rings is 1. The highest BCUT2D eigenvalue weighted by atomic mass is 19.1. The molecule has 2 N–H and O–H groups in total. The molecule has 2 fully saturated rings. The summed E-state index contributed by atoms with van der Waals surface area (Å²) in [5.41, 5.74) is 3.10. The molecule has 1 atom stereocenters. The number of anilines is 1. The predicted molar refractivity (Wildman–Crippen MR) is 117 cm³/mol. The summed E-state index contributed by atoms with van der Waals surface area (Å²) in [5, 5.41) is 20.7. The molecule has 1 aromatic carbocycles. The van der Waals surface area contributed by atoms with Gasteiger partial charge in [-0.05, 0) is 68.5 Å². The van der Waals surface area contributed by atoms with Crippen molar-refractivity contribution in [3.63, 3.8) is 0 Å². The summed E-state index contributed by atoms with van der Waals surface area (Å²) in [5.74, 6) is 0.367. The smallest absolute Gasteiger partial charge is 0.171 e. The van der Waals surface area contributed by atoms with Crippen molar-refractivity contribution in [3.05, 3.63) is 47.0 Å². The maximum absolute atomic E-state index is 15.1. The summed E-state index contributed by atoms with van der Waals surface area (Å²) in [7, 11) is 1.87. The van der Waals surface area contributed by atoms with Crippen LogP contribution in [0.3, 0.4) is 0 Å². The number of phenols is 1. The number of rotatable bonds is 5. The third-order valence-electron chi connectivity index (χ3n) is 6.47. The number of halogens is 1. The van der Waals surface area contributed by atoms with E-state index in [1.807, 2.05) is 17.8 Å². The van der Waals surface area contributed by atoms with E-state index in [1.165, 1.54) is 6.42 Å². The Hall–Kier alpha value is -2.54. The largest absolute Gasteiger partial charge is 0.507 e. The van der Waals surface area contributed by atoms with Crippen LogP contribution in [0.1, 0.15) is 55.3 Å². The first kappa shape index (κ1) is 19.4. The number of hydrazone groups is 1. The number of aromatic nitrogens is 1. The van der Waals surface area contributed by atoms with Crippen LogP contribution in [0.4, 0.5) is 10.1 Å². The van der Waals surface area contributed by atoms with Crippen LogP contribution in [0.15, 0.2) is 29.5 Å². The van der Waals surface area contributed by atoms with Gasteiger partial charge in [-0.25, -0.2) is 4.39 Å². The predicted octanol–water partition coefficient (Wildman–Crippen LogP) is 3.76. The molecule has 1 aliphatic carbocycles. The van der Waals surface area contributed by atoms with Crippen molar-refractivity contribution in [3.8, 4) is 5.75 Å². The second-order valence-corrected chi connectivity index (χ2v) is 8.88. The molecule has 0 bridgehead atoms. The van der Waals surface area contributed by atoms with E-state index in [-0.39, 0.29) is 11.3 Å². The van der Waals surface area contributed by atoms with Gasteiger partial charge < -0.3 is 15.3 Å². The maximum Gasteiger partial charge on any atom is 0.171 e. The molecular weight excluding hydrogens is 381 g/mol. The fraction of sp³-hybridized carbons (Fsp3) is 0.522. The normalized spacial score (nSPS) is 22.0. The standard InChI is InChI=1S/C23H30FN5O/c1-3-28-8-4-5-17(12-28)25-18-11-19-14-27(2)26-23(29(19)13-18)22-20(24)9-16(10-21(22)30)15-6-7-15/h9-11,13,15,17,25,30H,3-8,12,14H2,1-2H3/t17-/m1/s1. The molecule has 0 amide bonds. The molecule has 3 heterocycles. The van der Waals surface area contributed by atoms with Gasteiger partial charge in [0.05, 0.1) is 17.8 Å². The van der Waals surface area contributed by atoms with Gasteiger partial charge in [-0.15, -0.1) is 0 Å². The molecule has 7 heteroatoms. The number of nitrogens with one attached hydrogen (secondary N) is 1. The van der Waals surface area contributed by atoms with Crippen LogP contribution in [0, 0.1) is 5.82 Å². The lowest BCUT2D eigenvalue weighted by molar-refractivity contribution is 0.227. The zero-order valence-corrected chi connectivity index (χ0v) is 17.7. The summed E-state index contributed by atoms with van der Waals surface area (Å²) in [6, 6.07) is 5.79. The SMILES string of the molecule is CCN1CCC[C@@H](Nc2cc3n(c2)C(c2c(O)cc(C4CC4)cc2F)=NN(C)C3)C1. The fourth-order valence-corrected chi connectivity index (χ4v) is 4.74. The number of nitrogens with zero attached hydrogens (tertiary/aromatic N) is 4. The van der Waals surface area contributed by atoms with Gasteiger partial charge in [-0.2, -0.15) is 5.10 Å². The fourth-order valence-electron chi connectivity index (χ4n) is 4.74. The van der Waals surface area contributed by atoms with Crippen molar-refractivity contribution < 1.29 is 9.50 Å². The van der Waals surface area contributed by atoms with Gasteiger partial charge in [0, 0.05) is 31.5 Å². The minimum atomic E-state index is -0.411. The van der Waals surface area contributed by atoms with Crippen molar-refractivity contribution in [2.45, 2.75) is 51.1 Å². The molecular formula is C23H30FN5O. The first-order valence-electron chi connectivity index (χ1n) is 11.0. The van der Waals surface area contributed by atoms with Crippen molar-refractivity contribution in [2.75, 3.05) is 32.0 Å². The highest BCUT2D eigenvalue weighted by Gasteiger charge is 2.29. The molecule has 2 aromatic rings. The first-order chi connectivity index (χ1) is 14.5. The Morgan fingerprint density at radius 3 is 2.80 bits per heavy atom. The van der Waals surface area contributed by atoms with Crippen molar-refractivity contribution in [1.29, 1.82) is 0 Å².